The smallest absolute Gasteiger partial charge is 0.280 e. The van der Waals surface area contributed by atoms with Gasteiger partial charge in [-0.15, -0.1) is 0 Å². The SMILES string of the molecule is O=C(Nc1ncc(F)s1)C(=NO[C@@H]1CCOC1)c1ccc(S(=O)(=O)CCCCO)cc1. The summed E-state index contributed by atoms with van der Waals surface area (Å²) in [6.45, 7) is 0.808. The minimum Gasteiger partial charge on any atom is -0.396 e. The summed E-state index contributed by atoms with van der Waals surface area (Å²) in [6.07, 6.45) is 2.05. The van der Waals surface area contributed by atoms with Crippen LogP contribution >= 0.6 is 11.3 Å². The van der Waals surface area contributed by atoms with Crippen LogP contribution in [0.25, 0.3) is 0 Å². The van der Waals surface area contributed by atoms with Gasteiger partial charge in [0, 0.05) is 18.6 Å². The van der Waals surface area contributed by atoms with Crippen molar-refractivity contribution in [3.63, 3.8) is 0 Å². The van der Waals surface area contributed by atoms with Crippen LogP contribution < -0.4 is 5.32 Å². The highest BCUT2D eigenvalue weighted by Crippen LogP contribution is 2.19. The third-order valence-electron chi connectivity index (χ3n) is 4.40. The molecule has 1 aromatic carbocycles. The largest absolute Gasteiger partial charge is 0.396 e. The predicted octanol–water partition coefficient (Wildman–Crippen LogP) is 1.98. The van der Waals surface area contributed by atoms with Crippen LogP contribution in [-0.2, 0) is 24.2 Å². The third-order valence-corrected chi connectivity index (χ3v) is 6.92. The standard InChI is InChI=1S/C19H22FN3O6S2/c20-16-11-21-19(30-16)22-18(25)17(23-29-14-7-9-28-12-14)13-3-5-15(6-4-13)31(26,27)10-2-1-8-24/h3-6,11,14,24H,1-2,7-10,12H2,(H,21,22,25)/t14-/m1/s1. The molecule has 1 atom stereocenters. The summed E-state index contributed by atoms with van der Waals surface area (Å²) in [5.41, 5.74) is 0.217. The average Bonchev–Trinajstić information content (AvgIpc) is 3.40. The zero-order chi connectivity index (χ0) is 22.3. The normalized spacial score (nSPS) is 17.0. The number of rotatable bonds is 10. The maximum absolute atomic E-state index is 13.2. The number of aromatic nitrogens is 1. The molecular formula is C19H22FN3O6S2. The topological polar surface area (TPSA) is 127 Å². The number of carbonyl (C=O) groups is 1. The number of nitrogens with zero attached hydrogens (tertiary/aromatic N) is 2. The first-order valence-corrected chi connectivity index (χ1v) is 12.0. The maximum Gasteiger partial charge on any atom is 0.280 e. The summed E-state index contributed by atoms with van der Waals surface area (Å²) in [7, 11) is -3.52. The fourth-order valence-corrected chi connectivity index (χ4v) is 4.67. The van der Waals surface area contributed by atoms with Crippen LogP contribution in [0.15, 0.2) is 40.5 Å². The van der Waals surface area contributed by atoms with E-state index in [2.05, 4.69) is 15.5 Å². The molecule has 9 nitrogen and oxygen atoms in total. The number of halogens is 1. The maximum atomic E-state index is 13.2. The van der Waals surface area contributed by atoms with Crippen LogP contribution in [0.2, 0.25) is 0 Å². The lowest BCUT2D eigenvalue weighted by atomic mass is 10.1. The predicted molar refractivity (Wildman–Crippen MR) is 112 cm³/mol. The van der Waals surface area contributed by atoms with Gasteiger partial charge in [-0.3, -0.25) is 10.1 Å². The molecule has 168 valence electrons. The van der Waals surface area contributed by atoms with Gasteiger partial charge in [0.25, 0.3) is 5.91 Å². The molecule has 0 radical (unpaired) electrons. The molecule has 2 N–H and O–H groups in total. The molecule has 1 aliphatic rings. The van der Waals surface area contributed by atoms with E-state index in [1.54, 1.807) is 0 Å². The van der Waals surface area contributed by atoms with Crippen molar-refractivity contribution in [2.45, 2.75) is 30.3 Å². The molecule has 2 aromatic rings. The lowest BCUT2D eigenvalue weighted by molar-refractivity contribution is -0.110. The first kappa shape index (κ1) is 23.3. The number of sulfone groups is 1. The fraction of sp³-hybridized carbons (Fsp3) is 0.421. The molecule has 0 unspecified atom stereocenters. The highest BCUT2D eigenvalue weighted by molar-refractivity contribution is 7.91. The summed E-state index contributed by atoms with van der Waals surface area (Å²) in [6, 6.07) is 5.67. The number of nitrogens with one attached hydrogen (secondary N) is 1. The van der Waals surface area contributed by atoms with Gasteiger partial charge >= 0.3 is 0 Å². The van der Waals surface area contributed by atoms with Crippen molar-refractivity contribution >= 4 is 37.9 Å². The lowest BCUT2D eigenvalue weighted by Gasteiger charge is -2.10. The minimum absolute atomic E-state index is 0.0579. The van der Waals surface area contributed by atoms with Gasteiger partial charge in [0.05, 0.1) is 30.1 Å². The summed E-state index contributed by atoms with van der Waals surface area (Å²) in [4.78, 5) is 22.0. The monoisotopic (exact) mass is 471 g/mol. The van der Waals surface area contributed by atoms with Crippen molar-refractivity contribution in [1.29, 1.82) is 0 Å². The van der Waals surface area contributed by atoms with Gasteiger partial charge in [-0.05, 0) is 25.0 Å². The average molecular weight is 472 g/mol. The molecule has 1 saturated heterocycles. The Morgan fingerprint density at radius 2 is 2.13 bits per heavy atom. The van der Waals surface area contributed by atoms with Crippen molar-refractivity contribution in [3.8, 4) is 0 Å². The molecule has 1 amide bonds. The second-order valence-electron chi connectivity index (χ2n) is 6.73. The Morgan fingerprint density at radius 3 is 2.74 bits per heavy atom. The fourth-order valence-electron chi connectivity index (χ4n) is 2.76. The van der Waals surface area contributed by atoms with Gasteiger partial charge in [-0.1, -0.05) is 28.6 Å². The molecule has 0 spiro atoms. The number of anilines is 1. The van der Waals surface area contributed by atoms with E-state index in [0.29, 0.717) is 49.4 Å². The Hall–Kier alpha value is -2.41. The molecule has 0 aliphatic carbocycles. The number of carbonyl (C=O) groups excluding carboxylic acids is 1. The molecule has 2 heterocycles. The molecule has 1 aromatic heterocycles. The number of hydrogen-bond acceptors (Lipinski definition) is 9. The van der Waals surface area contributed by atoms with Crippen molar-refractivity contribution in [1.82, 2.24) is 4.98 Å². The number of ether oxygens (including phenoxy) is 1. The van der Waals surface area contributed by atoms with E-state index < -0.39 is 20.9 Å². The van der Waals surface area contributed by atoms with Gasteiger partial charge < -0.3 is 14.7 Å². The molecule has 1 aliphatic heterocycles. The van der Waals surface area contributed by atoms with E-state index in [1.165, 1.54) is 24.3 Å². The number of thiazole rings is 1. The van der Waals surface area contributed by atoms with Crippen LogP contribution in [0.1, 0.15) is 24.8 Å². The van der Waals surface area contributed by atoms with E-state index in [4.69, 9.17) is 14.7 Å². The number of amides is 1. The molecule has 31 heavy (non-hydrogen) atoms. The van der Waals surface area contributed by atoms with Crippen LogP contribution in [-0.4, -0.2) is 61.8 Å². The first-order chi connectivity index (χ1) is 14.9. The van der Waals surface area contributed by atoms with Crippen LogP contribution in [0.4, 0.5) is 9.52 Å². The Balaban J connectivity index is 1.80. The quantitative estimate of drug-likeness (QED) is 0.308. The Kier molecular flexibility index (Phi) is 8.07. The second-order valence-corrected chi connectivity index (χ2v) is 9.82. The number of aliphatic hydroxyl groups excluding tert-OH is 1. The number of hydrogen-bond donors (Lipinski definition) is 2. The zero-order valence-corrected chi connectivity index (χ0v) is 18.1. The highest BCUT2D eigenvalue weighted by atomic mass is 32.2. The Labute approximate surface area is 182 Å². The molecule has 1 fully saturated rings. The number of benzene rings is 1. The number of unbranched alkanes of at least 4 members (excludes halogenated alkanes) is 1. The lowest BCUT2D eigenvalue weighted by Crippen LogP contribution is -2.25. The van der Waals surface area contributed by atoms with Gasteiger partial charge in [0.15, 0.2) is 31.9 Å². The van der Waals surface area contributed by atoms with E-state index in [-0.39, 0.29) is 34.2 Å². The Morgan fingerprint density at radius 1 is 1.35 bits per heavy atom. The number of aliphatic hydroxyl groups is 1. The second kappa shape index (κ2) is 10.8. The summed E-state index contributed by atoms with van der Waals surface area (Å²) >= 11 is 0.665. The zero-order valence-electron chi connectivity index (χ0n) is 16.5. The Bertz CT molecular complexity index is 1020. The highest BCUT2D eigenvalue weighted by Gasteiger charge is 2.22. The van der Waals surface area contributed by atoms with E-state index >= 15 is 0 Å². The molecule has 12 heteroatoms. The van der Waals surface area contributed by atoms with Gasteiger partial charge in [0.2, 0.25) is 0 Å². The summed E-state index contributed by atoms with van der Waals surface area (Å²) in [5, 5.41) is 14.8. The minimum atomic E-state index is -3.52. The van der Waals surface area contributed by atoms with Gasteiger partial charge in [-0.2, -0.15) is 4.39 Å². The van der Waals surface area contributed by atoms with Crippen molar-refractivity contribution in [3.05, 3.63) is 41.2 Å². The summed E-state index contributed by atoms with van der Waals surface area (Å²) in [5.74, 6) is -0.763. The first-order valence-electron chi connectivity index (χ1n) is 9.57. The third kappa shape index (κ3) is 6.53. The van der Waals surface area contributed by atoms with E-state index in [0.717, 1.165) is 6.20 Å². The molecule has 3 rings (SSSR count). The van der Waals surface area contributed by atoms with E-state index in [1.807, 2.05) is 0 Å². The van der Waals surface area contributed by atoms with Crippen molar-refractivity contribution < 1.29 is 32.3 Å². The summed E-state index contributed by atoms with van der Waals surface area (Å²) < 4.78 is 43.2. The van der Waals surface area contributed by atoms with E-state index in [9.17, 15) is 17.6 Å². The van der Waals surface area contributed by atoms with Crippen LogP contribution in [0.5, 0.6) is 0 Å². The van der Waals surface area contributed by atoms with Crippen LogP contribution in [0.3, 0.4) is 0 Å². The van der Waals surface area contributed by atoms with Gasteiger partial charge in [-0.25, -0.2) is 13.4 Å². The van der Waals surface area contributed by atoms with Gasteiger partial charge in [0.1, 0.15) is 0 Å². The molecule has 0 saturated carbocycles. The number of oxime groups is 1. The van der Waals surface area contributed by atoms with Crippen molar-refractivity contribution in [2.75, 3.05) is 30.9 Å². The molecular weight excluding hydrogens is 449 g/mol. The van der Waals surface area contributed by atoms with Crippen LogP contribution in [0, 0.1) is 5.13 Å². The van der Waals surface area contributed by atoms with Crippen molar-refractivity contribution in [2.24, 2.45) is 5.16 Å². The molecule has 0 bridgehead atoms.